The van der Waals surface area contributed by atoms with Crippen molar-refractivity contribution < 1.29 is 28.5 Å². The molecule has 0 radical (unpaired) electrons. The average Bonchev–Trinajstić information content (AvgIpc) is 3.42. The van der Waals surface area contributed by atoms with Crippen LogP contribution in [0.4, 0.5) is 4.79 Å². The van der Waals surface area contributed by atoms with Crippen molar-refractivity contribution in [2.75, 3.05) is 33.4 Å². The van der Waals surface area contributed by atoms with Crippen molar-refractivity contribution in [1.82, 2.24) is 14.5 Å². The number of carbonyl (C=O) groups excluding carboxylic acids is 1. The maximum Gasteiger partial charge on any atom is 0.410 e. The number of hydrogen-bond acceptors (Lipinski definition) is 7. The van der Waals surface area contributed by atoms with Crippen molar-refractivity contribution in [3.63, 3.8) is 0 Å². The van der Waals surface area contributed by atoms with E-state index in [1.165, 1.54) is 0 Å². The van der Waals surface area contributed by atoms with Crippen molar-refractivity contribution in [2.24, 2.45) is 7.05 Å². The van der Waals surface area contributed by atoms with Gasteiger partial charge in [-0.1, -0.05) is 42.5 Å². The first-order valence-electron chi connectivity index (χ1n) is 15.6. The molecule has 0 spiro atoms. The van der Waals surface area contributed by atoms with Gasteiger partial charge in [-0.2, -0.15) is 0 Å². The fourth-order valence-corrected chi connectivity index (χ4v) is 5.66. The van der Waals surface area contributed by atoms with E-state index in [0.29, 0.717) is 39.5 Å². The van der Waals surface area contributed by atoms with Crippen molar-refractivity contribution in [1.29, 1.82) is 0 Å². The monoisotopic (exact) mass is 615 g/mol. The number of benzene rings is 3. The highest BCUT2D eigenvalue weighted by Gasteiger charge is 2.35. The summed E-state index contributed by atoms with van der Waals surface area (Å²) in [7, 11) is 3.66. The van der Waals surface area contributed by atoms with Crippen LogP contribution in [0.25, 0.3) is 11.0 Å². The third-order valence-corrected chi connectivity index (χ3v) is 7.96. The Balaban J connectivity index is 1.18. The molecule has 2 unspecified atom stereocenters. The molecular formula is C36H45N3O6. The Hall–Kier alpha value is -4.08. The first-order chi connectivity index (χ1) is 21.7. The van der Waals surface area contributed by atoms with Crippen LogP contribution in [0.2, 0.25) is 0 Å². The molecule has 1 aliphatic rings. The quantitative estimate of drug-likeness (QED) is 0.161. The first-order valence-corrected chi connectivity index (χ1v) is 15.6. The molecule has 4 aromatic rings. The van der Waals surface area contributed by atoms with E-state index in [1.54, 1.807) is 12.0 Å². The van der Waals surface area contributed by atoms with E-state index in [1.807, 2.05) is 81.2 Å². The molecule has 2 heterocycles. The van der Waals surface area contributed by atoms with E-state index in [0.717, 1.165) is 52.1 Å². The van der Waals surface area contributed by atoms with Crippen LogP contribution < -0.4 is 9.47 Å². The van der Waals surface area contributed by atoms with Crippen LogP contribution in [-0.4, -0.2) is 65.7 Å². The molecule has 45 heavy (non-hydrogen) atoms. The van der Waals surface area contributed by atoms with Gasteiger partial charge in [0.2, 0.25) is 0 Å². The second-order valence-electron chi connectivity index (χ2n) is 12.4. The normalized spacial score (nSPS) is 17.0. The molecule has 5 rings (SSSR count). The molecule has 9 heteroatoms. The molecule has 0 saturated carbocycles. The summed E-state index contributed by atoms with van der Waals surface area (Å²) < 4.78 is 31.5. The Bertz CT molecular complexity index is 1540. The zero-order valence-corrected chi connectivity index (χ0v) is 27.0. The van der Waals surface area contributed by atoms with Crippen LogP contribution in [0.15, 0.2) is 73.1 Å². The van der Waals surface area contributed by atoms with Crippen molar-refractivity contribution in [3.8, 4) is 11.5 Å². The number of piperidine rings is 1. The van der Waals surface area contributed by atoms with E-state index >= 15 is 0 Å². The third-order valence-electron chi connectivity index (χ3n) is 7.96. The van der Waals surface area contributed by atoms with Crippen LogP contribution in [-0.2, 0) is 34.5 Å². The number of nitrogens with zero attached hydrogens (tertiary/aromatic N) is 3. The number of amides is 1. The van der Waals surface area contributed by atoms with E-state index in [2.05, 4.69) is 29.2 Å². The number of hydrogen-bond donors (Lipinski definition) is 0. The second-order valence-corrected chi connectivity index (χ2v) is 12.4. The van der Waals surface area contributed by atoms with Crippen LogP contribution in [0.5, 0.6) is 11.5 Å². The minimum atomic E-state index is -0.559. The number of methoxy groups -OCH3 is 1. The Kier molecular flexibility index (Phi) is 10.6. The van der Waals surface area contributed by atoms with Gasteiger partial charge < -0.3 is 33.2 Å². The van der Waals surface area contributed by atoms with Crippen molar-refractivity contribution >= 4 is 17.1 Å². The molecule has 2 atom stereocenters. The number of likely N-dealkylation sites (tertiary alicyclic amines) is 1. The molecule has 1 fully saturated rings. The summed E-state index contributed by atoms with van der Waals surface area (Å²) in [4.78, 5) is 19.3. The number of imidazole rings is 1. The van der Waals surface area contributed by atoms with Crippen molar-refractivity contribution in [3.05, 3.63) is 89.7 Å². The molecule has 0 aliphatic carbocycles. The van der Waals surface area contributed by atoms with Crippen LogP contribution in [0.1, 0.15) is 56.2 Å². The molecule has 1 aromatic heterocycles. The Labute approximate surface area is 266 Å². The summed E-state index contributed by atoms with van der Waals surface area (Å²) in [5.74, 6) is 1.76. The van der Waals surface area contributed by atoms with E-state index < -0.39 is 5.60 Å². The van der Waals surface area contributed by atoms with Gasteiger partial charge in [0, 0.05) is 37.1 Å². The minimum absolute atomic E-state index is 0.115. The highest BCUT2D eigenvalue weighted by Crippen LogP contribution is 2.33. The summed E-state index contributed by atoms with van der Waals surface area (Å²) in [5, 5.41) is 0. The maximum atomic E-state index is 13.0. The summed E-state index contributed by atoms with van der Waals surface area (Å²) in [6, 6.07) is 22.2. The van der Waals surface area contributed by atoms with Gasteiger partial charge in [-0.15, -0.1) is 0 Å². The smallest absolute Gasteiger partial charge is 0.410 e. The van der Waals surface area contributed by atoms with E-state index in [4.69, 9.17) is 23.7 Å². The summed E-state index contributed by atoms with van der Waals surface area (Å²) in [6.07, 6.45) is 2.84. The van der Waals surface area contributed by atoms with Crippen LogP contribution in [0.3, 0.4) is 0 Å². The number of carbonyl (C=O) groups is 1. The molecule has 0 bridgehead atoms. The SMILES string of the molecule is COc1ccccc1COCCCOc1ccc(C2CCN(C(=O)OC(C)(C)C)CC2OCc2cccc3c2ncn3C)cc1. The number of ether oxygens (including phenoxy) is 5. The average molecular weight is 616 g/mol. The second kappa shape index (κ2) is 14.8. The lowest BCUT2D eigenvalue weighted by Gasteiger charge is -2.39. The minimum Gasteiger partial charge on any atom is -0.496 e. The molecule has 240 valence electrons. The molecule has 3 aromatic carbocycles. The zero-order chi connectivity index (χ0) is 31.8. The van der Waals surface area contributed by atoms with Crippen LogP contribution in [0, 0.1) is 0 Å². The molecule has 1 saturated heterocycles. The highest BCUT2D eigenvalue weighted by atomic mass is 16.6. The number of fused-ring (bicyclic) bond motifs is 1. The number of aromatic nitrogens is 2. The predicted octanol–water partition coefficient (Wildman–Crippen LogP) is 6.88. The van der Waals surface area contributed by atoms with Crippen LogP contribution >= 0.6 is 0 Å². The molecular weight excluding hydrogens is 570 g/mol. The fraction of sp³-hybridized carbons (Fsp3) is 0.444. The Morgan fingerprint density at radius 1 is 0.956 bits per heavy atom. The Morgan fingerprint density at radius 3 is 2.51 bits per heavy atom. The predicted molar refractivity (Wildman–Crippen MR) is 174 cm³/mol. The summed E-state index contributed by atoms with van der Waals surface area (Å²) >= 11 is 0. The lowest BCUT2D eigenvalue weighted by Crippen LogP contribution is -2.48. The maximum absolute atomic E-state index is 13.0. The standard InChI is InChI=1S/C36H45N3O6/c1-36(2,3)45-35(40)39-19-18-30(33(22-39)44-24-28-11-8-12-31-34(28)37-25-38(31)4)26-14-16-29(17-15-26)43-21-9-20-42-23-27-10-6-7-13-32(27)41-5/h6-8,10-17,25,30,33H,9,18-24H2,1-5H3. The van der Waals surface area contributed by atoms with E-state index in [-0.39, 0.29) is 18.1 Å². The van der Waals surface area contributed by atoms with Gasteiger partial charge in [0.05, 0.1) is 63.5 Å². The number of rotatable bonds is 12. The van der Waals surface area contributed by atoms with E-state index in [9.17, 15) is 4.79 Å². The molecule has 1 aliphatic heterocycles. The van der Waals surface area contributed by atoms with Crippen molar-refractivity contribution in [2.45, 2.75) is 64.4 Å². The largest absolute Gasteiger partial charge is 0.496 e. The van der Waals surface area contributed by atoms with Gasteiger partial charge in [0.15, 0.2) is 0 Å². The third kappa shape index (κ3) is 8.55. The number of aryl methyl sites for hydroxylation is 1. The van der Waals surface area contributed by atoms with Gasteiger partial charge >= 0.3 is 6.09 Å². The topological polar surface area (TPSA) is 84.3 Å². The summed E-state index contributed by atoms with van der Waals surface area (Å²) in [6.45, 7) is 8.77. The number of para-hydroxylation sites is 2. The van der Waals surface area contributed by atoms with Gasteiger partial charge in [0.1, 0.15) is 17.1 Å². The highest BCUT2D eigenvalue weighted by molar-refractivity contribution is 5.78. The molecule has 0 N–H and O–H groups in total. The lowest BCUT2D eigenvalue weighted by atomic mass is 9.87. The van der Waals surface area contributed by atoms with Gasteiger partial charge in [-0.05, 0) is 57.0 Å². The summed E-state index contributed by atoms with van der Waals surface area (Å²) in [5.41, 5.74) is 4.65. The Morgan fingerprint density at radius 2 is 1.73 bits per heavy atom. The van der Waals surface area contributed by atoms with Gasteiger partial charge in [0.25, 0.3) is 0 Å². The molecule has 1 amide bonds. The molecule has 9 nitrogen and oxygen atoms in total. The lowest BCUT2D eigenvalue weighted by molar-refractivity contribution is -0.0357. The zero-order valence-electron chi connectivity index (χ0n) is 27.0. The van der Waals surface area contributed by atoms with Gasteiger partial charge in [-0.3, -0.25) is 0 Å². The fourth-order valence-electron chi connectivity index (χ4n) is 5.66. The van der Waals surface area contributed by atoms with Gasteiger partial charge in [-0.25, -0.2) is 9.78 Å². The first kappa shape index (κ1) is 32.3.